The lowest BCUT2D eigenvalue weighted by Crippen LogP contribution is -2.36. The molecule has 27 heavy (non-hydrogen) atoms. The van der Waals surface area contributed by atoms with Crippen molar-refractivity contribution in [2.24, 2.45) is 0 Å². The van der Waals surface area contributed by atoms with Gasteiger partial charge in [-0.05, 0) is 62.8 Å². The van der Waals surface area contributed by atoms with Gasteiger partial charge in [-0.25, -0.2) is 9.97 Å². The molecule has 2 saturated heterocycles. The lowest BCUT2D eigenvalue weighted by atomic mass is 10.1. The van der Waals surface area contributed by atoms with E-state index in [9.17, 15) is 4.79 Å². The molecule has 0 bridgehead atoms. The van der Waals surface area contributed by atoms with Gasteiger partial charge in [0.25, 0.3) is 5.91 Å². The Bertz CT molecular complexity index is 764. The predicted octanol–water partition coefficient (Wildman–Crippen LogP) is 3.84. The van der Waals surface area contributed by atoms with Crippen molar-refractivity contribution in [1.29, 1.82) is 0 Å². The van der Waals surface area contributed by atoms with E-state index >= 15 is 0 Å². The number of benzene rings is 1. The van der Waals surface area contributed by atoms with Crippen LogP contribution in [0.15, 0.2) is 36.7 Å². The minimum atomic E-state index is 0.000552. The molecule has 0 radical (unpaired) electrons. The summed E-state index contributed by atoms with van der Waals surface area (Å²) in [5.41, 5.74) is 2.69. The highest BCUT2D eigenvalue weighted by atomic mass is 16.2. The van der Waals surface area contributed by atoms with E-state index in [-0.39, 0.29) is 5.91 Å². The highest BCUT2D eigenvalue weighted by Gasteiger charge is 2.19. The van der Waals surface area contributed by atoms with Crippen LogP contribution >= 0.6 is 0 Å². The van der Waals surface area contributed by atoms with E-state index in [1.165, 1.54) is 37.7 Å². The molecule has 0 unspecified atom stereocenters. The standard InChI is InChI=1S/C21H27N5O/c27-21(26-13-5-2-6-14-26)19-15-20(23-16-22-19)24-17-7-9-18(10-8-17)25-11-3-1-4-12-25/h7-10,15-16H,1-6,11-14H2,(H,22,23,24). The van der Waals surface area contributed by atoms with Gasteiger partial charge in [0.2, 0.25) is 0 Å². The molecule has 6 nitrogen and oxygen atoms in total. The topological polar surface area (TPSA) is 61.4 Å². The first-order valence-electron chi connectivity index (χ1n) is 10.0. The largest absolute Gasteiger partial charge is 0.372 e. The zero-order chi connectivity index (χ0) is 18.5. The zero-order valence-electron chi connectivity index (χ0n) is 15.7. The van der Waals surface area contributed by atoms with Crippen molar-refractivity contribution in [1.82, 2.24) is 14.9 Å². The first-order chi connectivity index (χ1) is 13.3. The van der Waals surface area contributed by atoms with Crippen molar-refractivity contribution in [3.8, 4) is 0 Å². The second-order valence-corrected chi connectivity index (χ2v) is 7.36. The molecule has 2 fully saturated rings. The fraction of sp³-hybridized carbons (Fsp3) is 0.476. The monoisotopic (exact) mass is 365 g/mol. The Hall–Kier alpha value is -2.63. The van der Waals surface area contributed by atoms with Crippen molar-refractivity contribution in [3.63, 3.8) is 0 Å². The second kappa shape index (κ2) is 8.37. The average Bonchev–Trinajstić information content (AvgIpc) is 2.75. The Balaban J connectivity index is 1.42. The number of anilines is 3. The number of nitrogens with one attached hydrogen (secondary N) is 1. The molecule has 0 atom stereocenters. The van der Waals surface area contributed by atoms with Gasteiger partial charge in [0.1, 0.15) is 17.8 Å². The summed E-state index contributed by atoms with van der Waals surface area (Å²) >= 11 is 0. The summed E-state index contributed by atoms with van der Waals surface area (Å²) in [5.74, 6) is 0.650. The molecule has 0 spiro atoms. The third-order valence-electron chi connectivity index (χ3n) is 5.39. The number of hydrogen-bond donors (Lipinski definition) is 1. The maximum Gasteiger partial charge on any atom is 0.272 e. The van der Waals surface area contributed by atoms with Crippen LogP contribution in [0, 0.1) is 0 Å². The summed E-state index contributed by atoms with van der Waals surface area (Å²) in [4.78, 5) is 25.4. The molecule has 0 saturated carbocycles. The number of piperidine rings is 2. The van der Waals surface area contributed by atoms with Gasteiger partial charge in [0, 0.05) is 43.6 Å². The van der Waals surface area contributed by atoms with Crippen molar-refractivity contribution in [3.05, 3.63) is 42.4 Å². The number of hydrogen-bond acceptors (Lipinski definition) is 5. The molecular formula is C21H27N5O. The molecule has 2 aliphatic rings. The van der Waals surface area contributed by atoms with E-state index < -0.39 is 0 Å². The smallest absolute Gasteiger partial charge is 0.272 e. The molecular weight excluding hydrogens is 338 g/mol. The number of likely N-dealkylation sites (tertiary alicyclic amines) is 1. The van der Waals surface area contributed by atoms with Gasteiger partial charge in [-0.2, -0.15) is 0 Å². The fourth-order valence-corrected chi connectivity index (χ4v) is 3.86. The lowest BCUT2D eigenvalue weighted by molar-refractivity contribution is 0.0718. The molecule has 1 N–H and O–H groups in total. The molecule has 1 amide bonds. The Kier molecular flexibility index (Phi) is 5.51. The van der Waals surface area contributed by atoms with Gasteiger partial charge in [-0.15, -0.1) is 0 Å². The van der Waals surface area contributed by atoms with Gasteiger partial charge >= 0.3 is 0 Å². The molecule has 6 heteroatoms. The van der Waals surface area contributed by atoms with Crippen molar-refractivity contribution in [2.45, 2.75) is 38.5 Å². The fourth-order valence-electron chi connectivity index (χ4n) is 3.86. The Morgan fingerprint density at radius 3 is 2.22 bits per heavy atom. The molecule has 4 rings (SSSR count). The molecule has 3 heterocycles. The third-order valence-corrected chi connectivity index (χ3v) is 5.39. The highest BCUT2D eigenvalue weighted by Crippen LogP contribution is 2.23. The van der Waals surface area contributed by atoms with Crippen LogP contribution < -0.4 is 10.2 Å². The van der Waals surface area contributed by atoms with Gasteiger partial charge in [0.15, 0.2) is 0 Å². The van der Waals surface area contributed by atoms with Gasteiger partial charge in [-0.3, -0.25) is 4.79 Å². The molecule has 1 aromatic carbocycles. The average molecular weight is 365 g/mol. The summed E-state index contributed by atoms with van der Waals surface area (Å²) in [7, 11) is 0. The zero-order valence-corrected chi connectivity index (χ0v) is 15.7. The van der Waals surface area contributed by atoms with Gasteiger partial charge in [-0.1, -0.05) is 0 Å². The number of nitrogens with zero attached hydrogens (tertiary/aromatic N) is 4. The maximum absolute atomic E-state index is 12.6. The number of aromatic nitrogens is 2. The molecule has 142 valence electrons. The van der Waals surface area contributed by atoms with Crippen LogP contribution in [0.4, 0.5) is 17.2 Å². The Labute approximate surface area is 160 Å². The summed E-state index contributed by atoms with van der Waals surface area (Å²) < 4.78 is 0. The van der Waals surface area contributed by atoms with Crippen LogP contribution in [-0.2, 0) is 0 Å². The van der Waals surface area contributed by atoms with Crippen molar-refractivity contribution in [2.75, 3.05) is 36.4 Å². The maximum atomic E-state index is 12.6. The van der Waals surface area contributed by atoms with Crippen LogP contribution in [0.25, 0.3) is 0 Å². The van der Waals surface area contributed by atoms with E-state index in [1.54, 1.807) is 6.07 Å². The van der Waals surface area contributed by atoms with Crippen LogP contribution in [0.2, 0.25) is 0 Å². The second-order valence-electron chi connectivity index (χ2n) is 7.36. The quantitative estimate of drug-likeness (QED) is 0.892. The highest BCUT2D eigenvalue weighted by molar-refractivity contribution is 5.93. The molecule has 0 aliphatic carbocycles. The van der Waals surface area contributed by atoms with Crippen LogP contribution in [0.3, 0.4) is 0 Å². The first kappa shape index (κ1) is 17.8. The Morgan fingerprint density at radius 2 is 1.52 bits per heavy atom. The summed E-state index contributed by atoms with van der Waals surface area (Å²) in [6.45, 7) is 3.93. The van der Waals surface area contributed by atoms with Crippen LogP contribution in [-0.4, -0.2) is 47.0 Å². The van der Waals surface area contributed by atoms with Gasteiger partial charge in [0.05, 0.1) is 0 Å². The first-order valence-corrected chi connectivity index (χ1v) is 10.0. The molecule has 2 aromatic rings. The van der Waals surface area contributed by atoms with Crippen LogP contribution in [0.5, 0.6) is 0 Å². The lowest BCUT2D eigenvalue weighted by Gasteiger charge is -2.28. The minimum absolute atomic E-state index is 0.000552. The number of amides is 1. The van der Waals surface area contributed by atoms with Crippen LogP contribution in [0.1, 0.15) is 49.0 Å². The summed E-state index contributed by atoms with van der Waals surface area (Å²) in [6.07, 6.45) is 8.69. The minimum Gasteiger partial charge on any atom is -0.372 e. The van der Waals surface area contributed by atoms with Crippen molar-refractivity contribution < 1.29 is 4.79 Å². The number of carbonyl (C=O) groups excluding carboxylic acids is 1. The summed E-state index contributed by atoms with van der Waals surface area (Å²) in [5, 5.41) is 3.29. The summed E-state index contributed by atoms with van der Waals surface area (Å²) in [6, 6.07) is 10.2. The van der Waals surface area contributed by atoms with E-state index in [1.807, 2.05) is 4.90 Å². The van der Waals surface area contributed by atoms with Gasteiger partial charge < -0.3 is 15.1 Å². The van der Waals surface area contributed by atoms with E-state index in [0.29, 0.717) is 11.5 Å². The van der Waals surface area contributed by atoms with Crippen molar-refractivity contribution >= 4 is 23.1 Å². The Morgan fingerprint density at radius 1 is 0.852 bits per heavy atom. The SMILES string of the molecule is O=C(c1cc(Nc2ccc(N3CCCCC3)cc2)ncn1)N1CCCCC1. The van der Waals surface area contributed by atoms with E-state index in [2.05, 4.69) is 44.5 Å². The normalized spacial score (nSPS) is 17.6. The molecule has 2 aliphatic heterocycles. The van der Waals surface area contributed by atoms with E-state index in [0.717, 1.165) is 44.7 Å². The molecule has 1 aromatic heterocycles. The van der Waals surface area contributed by atoms with E-state index in [4.69, 9.17) is 0 Å². The number of rotatable bonds is 4. The predicted molar refractivity (Wildman–Crippen MR) is 108 cm³/mol. The number of carbonyl (C=O) groups is 1. The third kappa shape index (κ3) is 4.38.